The molecule has 34 heavy (non-hydrogen) atoms. The molecule has 0 saturated carbocycles. The largest absolute Gasteiger partial charge is 0.503 e. The summed E-state index contributed by atoms with van der Waals surface area (Å²) in [6.07, 6.45) is 3.25. The number of halogens is 1. The van der Waals surface area contributed by atoms with Crippen LogP contribution < -0.4 is 4.74 Å². The number of ether oxygens (including phenoxy) is 1. The van der Waals surface area contributed by atoms with Crippen LogP contribution in [-0.2, 0) is 11.3 Å². The van der Waals surface area contributed by atoms with Crippen molar-refractivity contribution in [3.05, 3.63) is 106 Å². The van der Waals surface area contributed by atoms with Crippen molar-refractivity contribution in [3.63, 3.8) is 0 Å². The van der Waals surface area contributed by atoms with Crippen LogP contribution in [0, 0.1) is 0 Å². The van der Waals surface area contributed by atoms with Gasteiger partial charge in [-0.25, -0.2) is 0 Å². The summed E-state index contributed by atoms with van der Waals surface area (Å²) in [5.41, 5.74) is 1.81. The zero-order chi connectivity index (χ0) is 23.8. The molecule has 3 heterocycles. The van der Waals surface area contributed by atoms with Gasteiger partial charge in [-0.2, -0.15) is 0 Å². The summed E-state index contributed by atoms with van der Waals surface area (Å²) in [6.45, 7) is 0.186. The van der Waals surface area contributed by atoms with Gasteiger partial charge in [0.05, 0.1) is 18.7 Å². The number of aromatic nitrogens is 1. The van der Waals surface area contributed by atoms with Crippen LogP contribution in [0.25, 0.3) is 11.0 Å². The number of hydrogen-bond donors (Lipinski definition) is 1. The zero-order valence-corrected chi connectivity index (χ0v) is 18.8. The van der Waals surface area contributed by atoms with E-state index in [0.29, 0.717) is 27.3 Å². The summed E-state index contributed by atoms with van der Waals surface area (Å²) < 4.78 is 11.1. The van der Waals surface area contributed by atoms with E-state index in [1.807, 2.05) is 30.3 Å². The molecule has 4 aromatic rings. The molecule has 1 N–H and O–H groups in total. The molecule has 0 spiro atoms. The van der Waals surface area contributed by atoms with Crippen LogP contribution in [0.4, 0.5) is 0 Å². The first kappa shape index (κ1) is 21.7. The second kappa shape index (κ2) is 8.68. The SMILES string of the molecule is COc1cc(Cl)cc2cc(C(=O)C3=C(O)C(=O)N(Cc4ccncc4)C3c3ccccc3)oc12. The monoisotopic (exact) mass is 474 g/mol. The number of pyridine rings is 1. The molecule has 170 valence electrons. The molecule has 1 atom stereocenters. The van der Waals surface area contributed by atoms with E-state index in [-0.39, 0.29) is 17.9 Å². The Labute approximate surface area is 199 Å². The number of furan rings is 1. The number of aliphatic hydroxyl groups is 1. The maximum Gasteiger partial charge on any atom is 0.290 e. The molecule has 8 heteroatoms. The molecule has 0 aliphatic carbocycles. The fraction of sp³-hybridized carbons (Fsp3) is 0.115. The maximum absolute atomic E-state index is 13.7. The number of carbonyl (C=O) groups excluding carboxylic acids is 2. The Bertz CT molecular complexity index is 1430. The Kier molecular flexibility index (Phi) is 5.55. The predicted molar refractivity (Wildman–Crippen MR) is 126 cm³/mol. The van der Waals surface area contributed by atoms with Gasteiger partial charge in [-0.1, -0.05) is 41.9 Å². The van der Waals surface area contributed by atoms with Crippen LogP contribution in [-0.4, -0.2) is 33.8 Å². The molecule has 2 aromatic heterocycles. The minimum absolute atomic E-state index is 0.0309. The number of benzene rings is 2. The minimum atomic E-state index is -0.798. The smallest absolute Gasteiger partial charge is 0.290 e. The fourth-order valence-electron chi connectivity index (χ4n) is 4.20. The third-order valence-corrected chi connectivity index (χ3v) is 5.97. The summed E-state index contributed by atoms with van der Waals surface area (Å²) in [5.74, 6) is -1.48. The van der Waals surface area contributed by atoms with Crippen molar-refractivity contribution in [2.24, 2.45) is 0 Å². The number of nitrogens with zero attached hydrogens (tertiary/aromatic N) is 2. The summed E-state index contributed by atoms with van der Waals surface area (Å²) in [5, 5.41) is 11.9. The van der Waals surface area contributed by atoms with Crippen molar-refractivity contribution < 1.29 is 23.8 Å². The molecule has 0 bridgehead atoms. The number of rotatable bonds is 6. The van der Waals surface area contributed by atoms with Crippen LogP contribution in [0.3, 0.4) is 0 Å². The van der Waals surface area contributed by atoms with Crippen molar-refractivity contribution in [1.82, 2.24) is 9.88 Å². The number of carbonyl (C=O) groups is 2. The number of amides is 1. The molecule has 2 aromatic carbocycles. The van der Waals surface area contributed by atoms with Crippen molar-refractivity contribution in [1.29, 1.82) is 0 Å². The number of fused-ring (bicyclic) bond motifs is 1. The van der Waals surface area contributed by atoms with Gasteiger partial charge in [-0.15, -0.1) is 0 Å². The highest BCUT2D eigenvalue weighted by atomic mass is 35.5. The predicted octanol–water partition coefficient (Wildman–Crippen LogP) is 5.27. The first-order valence-corrected chi connectivity index (χ1v) is 10.9. The third kappa shape index (κ3) is 3.70. The summed E-state index contributed by atoms with van der Waals surface area (Å²) in [7, 11) is 1.47. The van der Waals surface area contributed by atoms with Gasteiger partial charge in [0.15, 0.2) is 22.9 Å². The molecule has 0 fully saturated rings. The average molecular weight is 475 g/mol. The van der Waals surface area contributed by atoms with E-state index in [0.717, 1.165) is 5.56 Å². The van der Waals surface area contributed by atoms with Gasteiger partial charge < -0.3 is 19.2 Å². The molecular weight excluding hydrogens is 456 g/mol. The molecule has 7 nitrogen and oxygen atoms in total. The third-order valence-electron chi connectivity index (χ3n) is 5.76. The van der Waals surface area contributed by atoms with Gasteiger partial charge in [-0.05, 0) is 35.4 Å². The second-order valence-corrected chi connectivity index (χ2v) is 8.27. The van der Waals surface area contributed by atoms with Crippen LogP contribution in [0.15, 0.2) is 88.8 Å². The van der Waals surface area contributed by atoms with Crippen molar-refractivity contribution in [2.75, 3.05) is 7.11 Å². The molecular formula is C26H19ClN2O5. The van der Waals surface area contributed by atoms with E-state index in [1.54, 1.807) is 36.7 Å². The summed E-state index contributed by atoms with van der Waals surface area (Å²) in [6, 6.07) is 16.6. The standard InChI is InChI=1S/C26H19ClN2O5/c1-33-20-13-18(27)11-17-12-19(34-25(17)20)23(30)21-22(16-5-3-2-4-6-16)29(26(32)24(21)31)14-15-7-9-28-10-8-15/h2-13,22,31H,14H2,1H3. The van der Waals surface area contributed by atoms with Gasteiger partial charge in [0, 0.05) is 35.4 Å². The number of ketones is 1. The molecule has 1 unspecified atom stereocenters. The lowest BCUT2D eigenvalue weighted by Gasteiger charge is -2.26. The molecule has 0 saturated heterocycles. The zero-order valence-electron chi connectivity index (χ0n) is 18.1. The number of aliphatic hydroxyl groups excluding tert-OH is 1. The van der Waals surface area contributed by atoms with E-state index in [9.17, 15) is 14.7 Å². The molecule has 1 amide bonds. The Morgan fingerprint density at radius 1 is 1.15 bits per heavy atom. The molecule has 5 rings (SSSR count). The number of methoxy groups -OCH3 is 1. The molecule has 1 aliphatic heterocycles. The van der Waals surface area contributed by atoms with Gasteiger partial charge in [0.25, 0.3) is 5.91 Å². The van der Waals surface area contributed by atoms with Crippen LogP contribution in [0.5, 0.6) is 5.75 Å². The Balaban J connectivity index is 1.60. The lowest BCUT2D eigenvalue weighted by atomic mass is 9.95. The van der Waals surface area contributed by atoms with Gasteiger partial charge in [-0.3, -0.25) is 14.6 Å². The van der Waals surface area contributed by atoms with Gasteiger partial charge in [0.2, 0.25) is 5.78 Å². The number of Topliss-reactive ketones (excluding diaryl/α,β-unsaturated/α-hetero) is 1. The minimum Gasteiger partial charge on any atom is -0.503 e. The Morgan fingerprint density at radius 2 is 1.88 bits per heavy atom. The summed E-state index contributed by atoms with van der Waals surface area (Å²) in [4.78, 5) is 32.3. The Hall–Kier alpha value is -4.10. The first-order chi connectivity index (χ1) is 16.5. The summed E-state index contributed by atoms with van der Waals surface area (Å²) >= 11 is 6.15. The fourth-order valence-corrected chi connectivity index (χ4v) is 4.41. The van der Waals surface area contributed by atoms with E-state index < -0.39 is 23.5 Å². The van der Waals surface area contributed by atoms with E-state index in [1.165, 1.54) is 18.1 Å². The average Bonchev–Trinajstić information content (AvgIpc) is 3.39. The Morgan fingerprint density at radius 3 is 2.59 bits per heavy atom. The van der Waals surface area contributed by atoms with E-state index in [2.05, 4.69) is 4.98 Å². The maximum atomic E-state index is 13.7. The lowest BCUT2D eigenvalue weighted by molar-refractivity contribution is -0.130. The molecule has 0 radical (unpaired) electrons. The first-order valence-electron chi connectivity index (χ1n) is 10.5. The highest BCUT2D eigenvalue weighted by Gasteiger charge is 2.44. The van der Waals surface area contributed by atoms with E-state index >= 15 is 0 Å². The molecule has 1 aliphatic rings. The lowest BCUT2D eigenvalue weighted by Crippen LogP contribution is -2.30. The highest BCUT2D eigenvalue weighted by molar-refractivity contribution is 6.31. The van der Waals surface area contributed by atoms with Crippen LogP contribution in [0.2, 0.25) is 5.02 Å². The highest BCUT2D eigenvalue weighted by Crippen LogP contribution is 2.41. The van der Waals surface area contributed by atoms with Crippen molar-refractivity contribution in [3.8, 4) is 5.75 Å². The van der Waals surface area contributed by atoms with Crippen molar-refractivity contribution >= 4 is 34.3 Å². The topological polar surface area (TPSA) is 92.9 Å². The van der Waals surface area contributed by atoms with Crippen molar-refractivity contribution in [2.45, 2.75) is 12.6 Å². The second-order valence-electron chi connectivity index (χ2n) is 7.83. The van der Waals surface area contributed by atoms with Gasteiger partial charge in [0.1, 0.15) is 0 Å². The van der Waals surface area contributed by atoms with E-state index in [4.69, 9.17) is 20.8 Å². The van der Waals surface area contributed by atoms with Crippen LogP contribution >= 0.6 is 11.6 Å². The normalized spacial score (nSPS) is 15.9. The quantitative estimate of drug-likeness (QED) is 0.383. The van der Waals surface area contributed by atoms with Crippen LogP contribution in [0.1, 0.15) is 27.7 Å². The number of hydrogen-bond acceptors (Lipinski definition) is 6. The van der Waals surface area contributed by atoms with Gasteiger partial charge >= 0.3 is 0 Å².